The summed E-state index contributed by atoms with van der Waals surface area (Å²) in [5.41, 5.74) is 0. The van der Waals surface area contributed by atoms with E-state index in [1.807, 2.05) is 0 Å². The number of carboxylic acids is 1. The van der Waals surface area contributed by atoms with E-state index in [0.717, 1.165) is 64.2 Å². The Balaban J connectivity index is 4.17. The maximum absolute atomic E-state index is 12.7. The Morgan fingerprint density at radius 1 is 0.523 bits per heavy atom. The summed E-state index contributed by atoms with van der Waals surface area (Å²) >= 11 is 0. The van der Waals surface area contributed by atoms with Crippen molar-refractivity contribution in [1.29, 1.82) is 0 Å². The van der Waals surface area contributed by atoms with Gasteiger partial charge < -0.3 is 15.2 Å². The van der Waals surface area contributed by atoms with Crippen LogP contribution in [0.2, 0.25) is 0 Å². The SMILES string of the molecule is CCCCCCCCCCCCCCCCCC(=O)N[C@@H](CC(=O)OC(CCCCCC)CCCCCCCCC)C(=O)O. The molecule has 0 aromatic heterocycles. The molecule has 0 saturated carbocycles. The second kappa shape index (κ2) is 32.8. The van der Waals surface area contributed by atoms with Crippen molar-refractivity contribution in [3.63, 3.8) is 0 Å². The number of carbonyl (C=O) groups excluding carboxylic acids is 2. The van der Waals surface area contributed by atoms with E-state index in [1.54, 1.807) is 0 Å². The lowest BCUT2D eigenvalue weighted by atomic mass is 10.0. The van der Waals surface area contributed by atoms with E-state index >= 15 is 0 Å². The maximum atomic E-state index is 12.7. The van der Waals surface area contributed by atoms with E-state index in [1.165, 1.54) is 116 Å². The molecule has 1 unspecified atom stereocenters. The minimum absolute atomic E-state index is 0.166. The fourth-order valence-electron chi connectivity index (χ4n) is 5.91. The van der Waals surface area contributed by atoms with E-state index in [-0.39, 0.29) is 18.4 Å². The van der Waals surface area contributed by atoms with Crippen molar-refractivity contribution in [3.8, 4) is 0 Å². The predicted octanol–water partition coefficient (Wildman–Crippen LogP) is 11.2. The molecule has 0 aliphatic heterocycles. The molecule has 0 spiro atoms. The smallest absolute Gasteiger partial charge is 0.326 e. The normalized spacial score (nSPS) is 12.6. The van der Waals surface area contributed by atoms with E-state index < -0.39 is 18.0 Å². The Morgan fingerprint density at radius 3 is 1.25 bits per heavy atom. The zero-order chi connectivity index (χ0) is 32.5. The number of ether oxygens (including phenoxy) is 1. The minimum atomic E-state index is -1.23. The first kappa shape index (κ1) is 42.4. The van der Waals surface area contributed by atoms with Crippen molar-refractivity contribution in [3.05, 3.63) is 0 Å². The standard InChI is InChI=1S/C38H73NO5/c1-4-7-10-13-15-16-17-18-19-20-21-22-24-26-29-32-36(40)39-35(38(42)43)33-37(41)44-34(30-27-12-9-6-3)31-28-25-23-14-11-8-5-2/h34-35H,4-33H2,1-3H3,(H,39,40)(H,42,43)/t34?,35-/m0/s1. The third kappa shape index (κ3) is 29.1. The monoisotopic (exact) mass is 624 g/mol. The quantitative estimate of drug-likeness (QED) is 0.0549. The van der Waals surface area contributed by atoms with Gasteiger partial charge in [0.05, 0.1) is 6.42 Å². The molecular formula is C38H73NO5. The highest BCUT2D eigenvalue weighted by atomic mass is 16.5. The summed E-state index contributed by atoms with van der Waals surface area (Å²) in [5.74, 6) is -1.99. The molecule has 0 aliphatic rings. The van der Waals surface area contributed by atoms with E-state index in [2.05, 4.69) is 26.1 Å². The molecule has 0 radical (unpaired) electrons. The zero-order valence-corrected chi connectivity index (χ0v) is 29.4. The number of carbonyl (C=O) groups is 3. The van der Waals surface area contributed by atoms with Gasteiger partial charge in [-0.15, -0.1) is 0 Å². The van der Waals surface area contributed by atoms with Crippen LogP contribution in [0.4, 0.5) is 0 Å². The molecule has 0 heterocycles. The lowest BCUT2D eigenvalue weighted by molar-refractivity contribution is -0.154. The number of hydrogen-bond acceptors (Lipinski definition) is 4. The second-order valence-corrected chi connectivity index (χ2v) is 13.2. The third-order valence-corrected chi connectivity index (χ3v) is 8.82. The average molecular weight is 624 g/mol. The topological polar surface area (TPSA) is 92.7 Å². The van der Waals surface area contributed by atoms with Crippen LogP contribution in [0, 0.1) is 0 Å². The number of amides is 1. The fraction of sp³-hybridized carbons (Fsp3) is 0.921. The van der Waals surface area contributed by atoms with Gasteiger partial charge in [-0.05, 0) is 32.1 Å². The van der Waals surface area contributed by atoms with Gasteiger partial charge in [0.15, 0.2) is 0 Å². The molecule has 2 atom stereocenters. The van der Waals surface area contributed by atoms with E-state index in [9.17, 15) is 19.5 Å². The third-order valence-electron chi connectivity index (χ3n) is 8.82. The number of hydrogen-bond donors (Lipinski definition) is 2. The molecule has 6 nitrogen and oxygen atoms in total. The van der Waals surface area contributed by atoms with Crippen molar-refractivity contribution in [2.24, 2.45) is 0 Å². The summed E-state index contributed by atoms with van der Waals surface area (Å²) < 4.78 is 5.77. The largest absolute Gasteiger partial charge is 0.480 e. The number of esters is 1. The lowest BCUT2D eigenvalue weighted by Crippen LogP contribution is -2.42. The molecule has 6 heteroatoms. The van der Waals surface area contributed by atoms with Crippen molar-refractivity contribution in [2.45, 2.75) is 226 Å². The maximum Gasteiger partial charge on any atom is 0.326 e. The Bertz CT molecular complexity index is 668. The Hall–Kier alpha value is -1.59. The van der Waals surface area contributed by atoms with Crippen LogP contribution in [-0.4, -0.2) is 35.1 Å². The molecule has 2 N–H and O–H groups in total. The van der Waals surface area contributed by atoms with Gasteiger partial charge >= 0.3 is 11.9 Å². The summed E-state index contributed by atoms with van der Waals surface area (Å²) in [4.78, 5) is 37.0. The summed E-state index contributed by atoms with van der Waals surface area (Å²) in [6.45, 7) is 6.66. The average Bonchev–Trinajstić information content (AvgIpc) is 3.00. The van der Waals surface area contributed by atoms with Crippen LogP contribution in [0.3, 0.4) is 0 Å². The Labute approximate surface area is 272 Å². The number of aliphatic carboxylic acids is 1. The van der Waals surface area contributed by atoms with E-state index in [4.69, 9.17) is 4.74 Å². The highest BCUT2D eigenvalue weighted by molar-refractivity contribution is 5.87. The molecule has 0 aliphatic carbocycles. The molecule has 0 aromatic carbocycles. The van der Waals surface area contributed by atoms with Gasteiger partial charge in [0.25, 0.3) is 0 Å². The molecule has 1 amide bonds. The van der Waals surface area contributed by atoms with Gasteiger partial charge in [-0.1, -0.05) is 168 Å². The molecule has 0 bridgehead atoms. The van der Waals surface area contributed by atoms with Crippen molar-refractivity contribution >= 4 is 17.8 Å². The molecule has 44 heavy (non-hydrogen) atoms. The van der Waals surface area contributed by atoms with Crippen LogP contribution >= 0.6 is 0 Å². The van der Waals surface area contributed by atoms with Gasteiger partial charge in [-0.2, -0.15) is 0 Å². The first-order valence-corrected chi connectivity index (χ1v) is 19.2. The first-order valence-electron chi connectivity index (χ1n) is 19.2. The van der Waals surface area contributed by atoms with Gasteiger partial charge in [0.2, 0.25) is 5.91 Å². The second-order valence-electron chi connectivity index (χ2n) is 13.2. The van der Waals surface area contributed by atoms with Gasteiger partial charge in [0.1, 0.15) is 12.1 Å². The minimum Gasteiger partial charge on any atom is -0.480 e. The zero-order valence-electron chi connectivity index (χ0n) is 29.4. The van der Waals surface area contributed by atoms with Crippen molar-refractivity contribution in [1.82, 2.24) is 5.32 Å². The number of nitrogens with one attached hydrogen (secondary N) is 1. The Morgan fingerprint density at radius 2 is 0.864 bits per heavy atom. The summed E-state index contributed by atoms with van der Waals surface area (Å²) in [6, 6.07) is -1.23. The van der Waals surface area contributed by atoms with Crippen molar-refractivity contribution < 1.29 is 24.2 Å². The number of unbranched alkanes of at least 4 members (excludes halogenated alkanes) is 23. The van der Waals surface area contributed by atoms with Crippen LogP contribution < -0.4 is 5.32 Å². The van der Waals surface area contributed by atoms with Gasteiger partial charge in [-0.3, -0.25) is 9.59 Å². The van der Waals surface area contributed by atoms with Crippen LogP contribution in [0.5, 0.6) is 0 Å². The molecular weight excluding hydrogens is 550 g/mol. The van der Waals surface area contributed by atoms with Crippen LogP contribution in [0.25, 0.3) is 0 Å². The lowest BCUT2D eigenvalue weighted by Gasteiger charge is -2.20. The molecule has 0 rings (SSSR count). The van der Waals surface area contributed by atoms with Crippen LogP contribution in [0.1, 0.15) is 213 Å². The highest BCUT2D eigenvalue weighted by Crippen LogP contribution is 2.18. The summed E-state index contributed by atoms with van der Waals surface area (Å²) in [6.07, 6.45) is 33.3. The Kier molecular flexibility index (Phi) is 31.6. The van der Waals surface area contributed by atoms with Gasteiger partial charge in [0, 0.05) is 6.42 Å². The van der Waals surface area contributed by atoms with Crippen LogP contribution in [-0.2, 0) is 19.1 Å². The first-order chi connectivity index (χ1) is 21.4. The molecule has 260 valence electrons. The summed E-state index contributed by atoms with van der Waals surface area (Å²) in [7, 11) is 0. The molecule has 0 saturated heterocycles. The number of rotatable bonds is 34. The molecule has 0 aromatic rings. The fourth-order valence-corrected chi connectivity index (χ4v) is 5.91. The highest BCUT2D eigenvalue weighted by Gasteiger charge is 2.25. The number of carboxylic acid groups (broad SMARTS) is 1. The van der Waals surface area contributed by atoms with Crippen LogP contribution in [0.15, 0.2) is 0 Å². The predicted molar refractivity (Wildman–Crippen MR) is 185 cm³/mol. The summed E-state index contributed by atoms with van der Waals surface area (Å²) in [5, 5.41) is 12.2. The van der Waals surface area contributed by atoms with E-state index in [0.29, 0.717) is 6.42 Å². The van der Waals surface area contributed by atoms with Gasteiger partial charge in [-0.25, -0.2) is 4.79 Å². The molecule has 0 fully saturated rings. The van der Waals surface area contributed by atoms with Crippen molar-refractivity contribution in [2.75, 3.05) is 0 Å².